The molecule has 0 aromatic heterocycles. The fourth-order valence-electron chi connectivity index (χ4n) is 0.856. The molecule has 0 unspecified atom stereocenters. The van der Waals surface area contributed by atoms with Gasteiger partial charge in [-0.2, -0.15) is 0 Å². The summed E-state index contributed by atoms with van der Waals surface area (Å²) in [7, 11) is 0. The Morgan fingerprint density at radius 3 is 1.46 bits per heavy atom. The normalized spacial score (nSPS) is 8.62. The van der Waals surface area contributed by atoms with Crippen LogP contribution in [0.5, 0.6) is 0 Å². The van der Waals surface area contributed by atoms with Crippen molar-refractivity contribution in [1.82, 2.24) is 0 Å². The van der Waals surface area contributed by atoms with Crippen molar-refractivity contribution in [2.24, 2.45) is 0 Å². The third kappa shape index (κ3) is 2.84. The molecule has 0 heterocycles. The van der Waals surface area contributed by atoms with Gasteiger partial charge >= 0.3 is 41.5 Å². The molecule has 0 saturated carbocycles. The molecule has 4 nitrogen and oxygen atoms in total. The second-order valence-corrected chi connectivity index (χ2v) is 2.16. The third-order valence-electron chi connectivity index (χ3n) is 1.39. The minimum atomic E-state index is -1.23. The maximum absolute atomic E-state index is 10.5. The number of hydrogen-bond acceptors (Lipinski definition) is 2. The van der Waals surface area contributed by atoms with E-state index in [1.165, 1.54) is 24.3 Å². The van der Waals surface area contributed by atoms with E-state index < -0.39 is 11.9 Å². The molecule has 64 valence electrons. The van der Waals surface area contributed by atoms with Crippen molar-refractivity contribution in [1.29, 1.82) is 0 Å². The third-order valence-corrected chi connectivity index (χ3v) is 1.39. The SMILES string of the molecule is O=C(O)c1ccccc1C(=O)O.[NaH]. The second kappa shape index (κ2) is 5.01. The molecule has 0 amide bonds. The summed E-state index contributed by atoms with van der Waals surface area (Å²) in [6, 6.07) is 5.48. The van der Waals surface area contributed by atoms with E-state index >= 15 is 0 Å². The molecule has 13 heavy (non-hydrogen) atoms. The van der Waals surface area contributed by atoms with Gasteiger partial charge in [0.2, 0.25) is 0 Å². The molecule has 1 rings (SSSR count). The van der Waals surface area contributed by atoms with Crippen LogP contribution in [0.1, 0.15) is 20.7 Å². The van der Waals surface area contributed by atoms with Crippen molar-refractivity contribution in [3.05, 3.63) is 35.4 Å². The zero-order chi connectivity index (χ0) is 9.14. The van der Waals surface area contributed by atoms with Crippen LogP contribution in [0.3, 0.4) is 0 Å². The zero-order valence-corrected chi connectivity index (χ0v) is 6.02. The molecule has 0 fully saturated rings. The molecule has 0 atom stereocenters. The Bertz CT molecular complexity index is 302. The first kappa shape index (κ1) is 12.2. The van der Waals surface area contributed by atoms with E-state index in [-0.39, 0.29) is 40.7 Å². The van der Waals surface area contributed by atoms with Crippen LogP contribution in [-0.2, 0) is 0 Å². The Hall–Kier alpha value is -0.840. The summed E-state index contributed by atoms with van der Waals surface area (Å²) in [4.78, 5) is 20.9. The molecule has 0 bridgehead atoms. The van der Waals surface area contributed by atoms with Crippen molar-refractivity contribution in [3.8, 4) is 0 Å². The van der Waals surface area contributed by atoms with Crippen LogP contribution in [0.4, 0.5) is 0 Å². The van der Waals surface area contributed by atoms with Crippen molar-refractivity contribution >= 4 is 41.5 Å². The number of aromatic carboxylic acids is 2. The van der Waals surface area contributed by atoms with Gasteiger partial charge in [0.05, 0.1) is 11.1 Å². The van der Waals surface area contributed by atoms with E-state index in [1.807, 2.05) is 0 Å². The number of hydrogen-bond donors (Lipinski definition) is 2. The van der Waals surface area contributed by atoms with Crippen LogP contribution in [0.15, 0.2) is 24.3 Å². The number of rotatable bonds is 2. The molecule has 0 spiro atoms. The zero-order valence-electron chi connectivity index (χ0n) is 6.02. The predicted octanol–water partition coefficient (Wildman–Crippen LogP) is 0.434. The minimum absolute atomic E-state index is 0. The molecule has 0 radical (unpaired) electrons. The van der Waals surface area contributed by atoms with Gasteiger partial charge in [0, 0.05) is 0 Å². The van der Waals surface area contributed by atoms with Gasteiger partial charge in [0.1, 0.15) is 0 Å². The summed E-state index contributed by atoms with van der Waals surface area (Å²) in [5.41, 5.74) is -0.380. The van der Waals surface area contributed by atoms with E-state index in [0.29, 0.717) is 0 Å². The summed E-state index contributed by atoms with van der Waals surface area (Å²) in [5.74, 6) is -2.46. The maximum atomic E-state index is 10.5. The van der Waals surface area contributed by atoms with Crippen molar-refractivity contribution < 1.29 is 19.8 Å². The Morgan fingerprint density at radius 2 is 1.23 bits per heavy atom. The molecule has 0 aliphatic rings. The summed E-state index contributed by atoms with van der Waals surface area (Å²) >= 11 is 0. The molecule has 2 N–H and O–H groups in total. The Labute approximate surface area is 96.5 Å². The molecular formula is C8H7NaO4. The van der Waals surface area contributed by atoms with Crippen molar-refractivity contribution in [3.63, 3.8) is 0 Å². The quantitative estimate of drug-likeness (QED) is 0.663. The molecular weight excluding hydrogens is 183 g/mol. The van der Waals surface area contributed by atoms with E-state index in [0.717, 1.165) is 0 Å². The van der Waals surface area contributed by atoms with Gasteiger partial charge in [-0.25, -0.2) is 9.59 Å². The van der Waals surface area contributed by atoms with E-state index in [2.05, 4.69) is 0 Å². The Kier molecular flexibility index (Phi) is 4.69. The van der Waals surface area contributed by atoms with Crippen LogP contribution < -0.4 is 0 Å². The Balaban J connectivity index is 0.00000144. The molecule has 5 heteroatoms. The monoisotopic (exact) mass is 190 g/mol. The number of carbonyl (C=O) groups is 2. The molecule has 0 saturated heterocycles. The summed E-state index contributed by atoms with van der Waals surface area (Å²) < 4.78 is 0. The van der Waals surface area contributed by atoms with Gasteiger partial charge in [-0.3, -0.25) is 0 Å². The van der Waals surface area contributed by atoms with Crippen LogP contribution in [-0.4, -0.2) is 51.7 Å². The van der Waals surface area contributed by atoms with Gasteiger partial charge in [0.25, 0.3) is 0 Å². The van der Waals surface area contributed by atoms with Crippen LogP contribution >= 0.6 is 0 Å². The molecule has 0 aliphatic heterocycles. The van der Waals surface area contributed by atoms with Crippen LogP contribution in [0.25, 0.3) is 0 Å². The van der Waals surface area contributed by atoms with Gasteiger partial charge in [-0.05, 0) is 12.1 Å². The summed E-state index contributed by atoms with van der Waals surface area (Å²) in [6.45, 7) is 0. The van der Waals surface area contributed by atoms with E-state index in [4.69, 9.17) is 10.2 Å². The first-order chi connectivity index (χ1) is 5.63. The second-order valence-electron chi connectivity index (χ2n) is 2.16. The van der Waals surface area contributed by atoms with E-state index in [9.17, 15) is 9.59 Å². The Morgan fingerprint density at radius 1 is 0.923 bits per heavy atom. The number of carboxylic acids is 2. The predicted molar refractivity (Wildman–Crippen MR) is 47.5 cm³/mol. The average Bonchev–Trinajstić information content (AvgIpc) is 2.04. The summed E-state index contributed by atoms with van der Waals surface area (Å²) in [6.07, 6.45) is 0. The van der Waals surface area contributed by atoms with Crippen LogP contribution in [0, 0.1) is 0 Å². The number of benzene rings is 1. The fraction of sp³-hybridized carbons (Fsp3) is 0. The van der Waals surface area contributed by atoms with Gasteiger partial charge in [-0.1, -0.05) is 12.1 Å². The standard InChI is InChI=1S/C8H6O4.Na.H/c9-7(10)5-3-1-2-4-6(5)8(11)12;;/h1-4H,(H,9,10)(H,11,12);;. The number of carboxylic acid groups (broad SMARTS) is 2. The van der Waals surface area contributed by atoms with Gasteiger partial charge in [0.15, 0.2) is 0 Å². The fourth-order valence-corrected chi connectivity index (χ4v) is 0.856. The average molecular weight is 190 g/mol. The topological polar surface area (TPSA) is 74.6 Å². The molecule has 1 aromatic carbocycles. The van der Waals surface area contributed by atoms with Gasteiger partial charge in [-0.15, -0.1) is 0 Å². The van der Waals surface area contributed by atoms with Gasteiger partial charge < -0.3 is 10.2 Å². The molecule has 0 aliphatic carbocycles. The van der Waals surface area contributed by atoms with Crippen LogP contribution in [0.2, 0.25) is 0 Å². The summed E-state index contributed by atoms with van der Waals surface area (Å²) in [5, 5.41) is 17.1. The first-order valence-corrected chi connectivity index (χ1v) is 3.18. The molecule has 1 aromatic rings. The van der Waals surface area contributed by atoms with Crippen molar-refractivity contribution in [2.45, 2.75) is 0 Å². The van der Waals surface area contributed by atoms with E-state index in [1.54, 1.807) is 0 Å². The first-order valence-electron chi connectivity index (χ1n) is 3.18. The van der Waals surface area contributed by atoms with Crippen molar-refractivity contribution in [2.75, 3.05) is 0 Å².